The van der Waals surface area contributed by atoms with Crippen LogP contribution in [-0.4, -0.2) is 28.9 Å². The van der Waals surface area contributed by atoms with E-state index in [1.165, 1.54) is 7.11 Å². The Morgan fingerprint density at radius 3 is 2.72 bits per heavy atom. The molecular formula is C23H27F3N4O2. The minimum Gasteiger partial charge on any atom is -0.497 e. The molecule has 9 heteroatoms. The summed E-state index contributed by atoms with van der Waals surface area (Å²) < 4.78 is 45.9. The van der Waals surface area contributed by atoms with Gasteiger partial charge in [0, 0.05) is 29.9 Å². The summed E-state index contributed by atoms with van der Waals surface area (Å²) in [6.07, 6.45) is 0.386. The van der Waals surface area contributed by atoms with Crippen molar-refractivity contribution in [2.24, 2.45) is 5.92 Å². The third-order valence-electron chi connectivity index (χ3n) is 5.27. The number of anilines is 3. The molecule has 0 amide bonds. The molecule has 1 fully saturated rings. The number of halogens is 3. The highest BCUT2D eigenvalue weighted by molar-refractivity contribution is 5.92. The predicted octanol–water partition coefficient (Wildman–Crippen LogP) is 5.75. The van der Waals surface area contributed by atoms with E-state index in [-0.39, 0.29) is 29.5 Å². The summed E-state index contributed by atoms with van der Waals surface area (Å²) in [6.45, 7) is 3.70. The Bertz CT molecular complexity index is 987. The van der Waals surface area contributed by atoms with E-state index in [1.54, 1.807) is 30.3 Å². The zero-order valence-electron chi connectivity index (χ0n) is 18.3. The maximum Gasteiger partial charge on any atom is 0.421 e. The van der Waals surface area contributed by atoms with Crippen LogP contribution in [0.4, 0.5) is 30.6 Å². The number of nitrogens with one attached hydrogen (secondary N) is 2. The normalized spacial score (nSPS) is 18.6. The average Bonchev–Trinajstić information content (AvgIpc) is 2.73. The van der Waals surface area contributed by atoms with Crippen molar-refractivity contribution in [2.75, 3.05) is 17.7 Å². The van der Waals surface area contributed by atoms with E-state index in [0.717, 1.165) is 24.6 Å². The first-order valence-corrected chi connectivity index (χ1v) is 10.5. The van der Waals surface area contributed by atoms with Crippen LogP contribution in [0.2, 0.25) is 0 Å². The summed E-state index contributed by atoms with van der Waals surface area (Å²) >= 11 is 0. The highest BCUT2D eigenvalue weighted by Crippen LogP contribution is 2.36. The van der Waals surface area contributed by atoms with Crippen molar-refractivity contribution in [3.05, 3.63) is 47.7 Å². The van der Waals surface area contributed by atoms with Gasteiger partial charge in [0.15, 0.2) is 5.78 Å². The molecule has 1 aliphatic rings. The monoisotopic (exact) mass is 448 g/mol. The zero-order chi connectivity index (χ0) is 23.3. The topological polar surface area (TPSA) is 76.1 Å². The van der Waals surface area contributed by atoms with E-state index >= 15 is 0 Å². The van der Waals surface area contributed by atoms with E-state index in [4.69, 9.17) is 4.74 Å². The Labute approximate surface area is 185 Å². The first-order valence-electron chi connectivity index (χ1n) is 10.5. The molecule has 2 atom stereocenters. The van der Waals surface area contributed by atoms with Gasteiger partial charge in [0.2, 0.25) is 5.95 Å². The Morgan fingerprint density at radius 1 is 1.25 bits per heavy atom. The first-order chi connectivity index (χ1) is 15.2. The van der Waals surface area contributed by atoms with Crippen molar-refractivity contribution in [3.63, 3.8) is 0 Å². The van der Waals surface area contributed by atoms with Gasteiger partial charge in [-0.05, 0) is 51.3 Å². The lowest BCUT2D eigenvalue weighted by molar-refractivity contribution is -0.137. The number of ketones is 1. The molecule has 2 N–H and O–H groups in total. The van der Waals surface area contributed by atoms with Crippen molar-refractivity contribution in [1.82, 2.24) is 9.97 Å². The van der Waals surface area contributed by atoms with Gasteiger partial charge in [0.1, 0.15) is 17.1 Å². The van der Waals surface area contributed by atoms with Crippen LogP contribution in [0, 0.1) is 5.92 Å². The van der Waals surface area contributed by atoms with Gasteiger partial charge in [0.05, 0.1) is 7.11 Å². The summed E-state index contributed by atoms with van der Waals surface area (Å²) in [5.41, 5.74) is 0.556. The molecule has 1 aromatic heterocycles. The molecule has 0 saturated heterocycles. The van der Waals surface area contributed by atoms with Crippen LogP contribution in [-0.2, 0) is 11.0 Å². The quantitative estimate of drug-likeness (QED) is 0.525. The van der Waals surface area contributed by atoms with Gasteiger partial charge in [0.25, 0.3) is 0 Å². The number of aromatic nitrogens is 2. The fraction of sp³-hybridized carbons (Fsp3) is 0.435. The molecule has 0 bridgehead atoms. The maximum atomic E-state index is 13.6. The highest BCUT2D eigenvalue weighted by atomic mass is 19.4. The number of methoxy groups -OCH3 is 1. The molecule has 1 aliphatic carbocycles. The molecule has 1 unspecified atom stereocenters. The number of rotatable bonds is 7. The molecule has 0 radical (unpaired) electrons. The summed E-state index contributed by atoms with van der Waals surface area (Å²) in [7, 11) is 1.52. The van der Waals surface area contributed by atoms with Gasteiger partial charge < -0.3 is 15.4 Å². The number of benzene rings is 1. The molecule has 0 aliphatic heterocycles. The number of nitrogens with zero attached hydrogens (tertiary/aromatic N) is 2. The summed E-state index contributed by atoms with van der Waals surface area (Å²) in [4.78, 5) is 20.4. The van der Waals surface area contributed by atoms with Gasteiger partial charge >= 0.3 is 6.18 Å². The average molecular weight is 448 g/mol. The van der Waals surface area contributed by atoms with E-state index in [0.29, 0.717) is 24.3 Å². The van der Waals surface area contributed by atoms with Crippen molar-refractivity contribution < 1.29 is 22.7 Å². The second kappa shape index (κ2) is 10.0. The molecular weight excluding hydrogens is 421 g/mol. The number of hydrogen-bond acceptors (Lipinski definition) is 6. The standard InChI is InChI=1S/C23H27F3N4O2/c1-14(2)10-20(31)15-6-4-7-16(11-15)28-21-19(23(24,25)26)13-27-22(30-21)29-17-8-5-9-18(12-17)32-3/h5,8-10,12-13,15-16H,4,6-7,11H2,1-3H3,(H2,27,28,29,30)/t15?,16-/m1/s1. The Kier molecular flexibility index (Phi) is 7.37. The second-order valence-corrected chi connectivity index (χ2v) is 8.14. The molecule has 2 aromatic rings. The second-order valence-electron chi connectivity index (χ2n) is 8.14. The maximum absolute atomic E-state index is 13.6. The Morgan fingerprint density at radius 2 is 2.03 bits per heavy atom. The minimum atomic E-state index is -4.61. The number of alkyl halides is 3. The lowest BCUT2D eigenvalue weighted by Gasteiger charge is -2.29. The van der Waals surface area contributed by atoms with E-state index in [9.17, 15) is 18.0 Å². The molecule has 1 aromatic carbocycles. The molecule has 1 saturated carbocycles. The lowest BCUT2D eigenvalue weighted by atomic mass is 9.82. The fourth-order valence-electron chi connectivity index (χ4n) is 3.76. The fourth-order valence-corrected chi connectivity index (χ4v) is 3.76. The smallest absolute Gasteiger partial charge is 0.421 e. The van der Waals surface area contributed by atoms with Crippen LogP contribution >= 0.6 is 0 Å². The van der Waals surface area contributed by atoms with Crippen molar-refractivity contribution >= 4 is 23.2 Å². The zero-order valence-corrected chi connectivity index (χ0v) is 18.3. The van der Waals surface area contributed by atoms with Gasteiger partial charge in [-0.2, -0.15) is 18.2 Å². The Hall–Kier alpha value is -3.10. The highest BCUT2D eigenvalue weighted by Gasteiger charge is 2.36. The number of hydrogen-bond donors (Lipinski definition) is 2. The molecule has 32 heavy (non-hydrogen) atoms. The number of ether oxygens (including phenoxy) is 1. The van der Waals surface area contributed by atoms with Gasteiger partial charge in [-0.25, -0.2) is 4.98 Å². The minimum absolute atomic E-state index is 0.0237. The largest absolute Gasteiger partial charge is 0.497 e. The van der Waals surface area contributed by atoms with Crippen LogP contribution in [0.1, 0.15) is 45.1 Å². The third-order valence-corrected chi connectivity index (χ3v) is 5.27. The molecule has 6 nitrogen and oxygen atoms in total. The van der Waals surface area contributed by atoms with Crippen LogP contribution in [0.3, 0.4) is 0 Å². The van der Waals surface area contributed by atoms with E-state index < -0.39 is 11.7 Å². The number of carbonyl (C=O) groups excluding carboxylic acids is 1. The SMILES string of the molecule is COc1cccc(Nc2ncc(C(F)(F)F)c(N[C@@H]3CCCC(C(=O)C=C(C)C)C3)n2)c1. The van der Waals surface area contributed by atoms with Crippen LogP contribution < -0.4 is 15.4 Å². The lowest BCUT2D eigenvalue weighted by Crippen LogP contribution is -2.32. The third kappa shape index (κ3) is 6.21. The number of carbonyl (C=O) groups is 1. The predicted molar refractivity (Wildman–Crippen MR) is 117 cm³/mol. The van der Waals surface area contributed by atoms with Crippen molar-refractivity contribution in [2.45, 2.75) is 51.7 Å². The summed E-state index contributed by atoms with van der Waals surface area (Å²) in [6, 6.07) is 6.63. The first kappa shape index (κ1) is 23.6. The van der Waals surface area contributed by atoms with Crippen molar-refractivity contribution in [3.8, 4) is 5.75 Å². The molecule has 172 valence electrons. The van der Waals surface area contributed by atoms with E-state index in [2.05, 4.69) is 20.6 Å². The van der Waals surface area contributed by atoms with Gasteiger partial charge in [-0.3, -0.25) is 4.79 Å². The number of allylic oxidation sites excluding steroid dienone is 2. The Balaban J connectivity index is 1.82. The summed E-state index contributed by atoms with van der Waals surface area (Å²) in [5, 5.41) is 5.85. The molecule has 1 heterocycles. The van der Waals surface area contributed by atoms with Gasteiger partial charge in [-0.1, -0.05) is 18.1 Å². The van der Waals surface area contributed by atoms with Crippen LogP contribution in [0.5, 0.6) is 5.75 Å². The molecule has 0 spiro atoms. The van der Waals surface area contributed by atoms with Crippen molar-refractivity contribution in [1.29, 1.82) is 0 Å². The summed E-state index contributed by atoms with van der Waals surface area (Å²) in [5.74, 6) is 0.145. The van der Waals surface area contributed by atoms with E-state index in [1.807, 2.05) is 13.8 Å². The van der Waals surface area contributed by atoms with Crippen LogP contribution in [0.15, 0.2) is 42.1 Å². The molecule has 3 rings (SSSR count). The van der Waals surface area contributed by atoms with Crippen LogP contribution in [0.25, 0.3) is 0 Å². The van der Waals surface area contributed by atoms with Gasteiger partial charge in [-0.15, -0.1) is 0 Å².